The first-order valence-corrected chi connectivity index (χ1v) is 12.1. The summed E-state index contributed by atoms with van der Waals surface area (Å²) in [5.74, 6) is -1.03. The van der Waals surface area contributed by atoms with Crippen LogP contribution in [0, 0.1) is 5.92 Å². The Balaban J connectivity index is 1.35. The maximum absolute atomic E-state index is 12.9. The molecule has 7 nitrogen and oxygen atoms in total. The van der Waals surface area contributed by atoms with E-state index >= 15 is 0 Å². The van der Waals surface area contributed by atoms with Gasteiger partial charge in [0.15, 0.2) is 0 Å². The minimum Gasteiger partial charge on any atom is -0.481 e. The van der Waals surface area contributed by atoms with Crippen LogP contribution < -0.4 is 10.6 Å². The number of alkyl carbamates (subject to hydrolysis) is 1. The molecule has 0 saturated heterocycles. The molecule has 2 aliphatic rings. The maximum Gasteiger partial charge on any atom is 0.407 e. The number of carbonyl (C=O) groups excluding carboxylic acids is 2. The molecule has 2 atom stereocenters. The highest BCUT2D eigenvalue weighted by Gasteiger charge is 2.35. The van der Waals surface area contributed by atoms with Gasteiger partial charge in [-0.1, -0.05) is 55.0 Å². The molecule has 0 aromatic heterocycles. The summed E-state index contributed by atoms with van der Waals surface area (Å²) in [4.78, 5) is 36.4. The smallest absolute Gasteiger partial charge is 0.407 e. The SMILES string of the molecule is CC(CCCC(=O)O)NC(=O)C(NC(=O)OCC1c2ccccc2-c2ccccc21)C1CCC1. The second-order valence-corrected chi connectivity index (χ2v) is 9.33. The third-order valence-corrected chi connectivity index (χ3v) is 6.94. The van der Waals surface area contributed by atoms with E-state index in [0.717, 1.165) is 41.5 Å². The third-order valence-electron chi connectivity index (χ3n) is 6.94. The largest absolute Gasteiger partial charge is 0.481 e. The summed E-state index contributed by atoms with van der Waals surface area (Å²) in [5.41, 5.74) is 4.60. The van der Waals surface area contributed by atoms with E-state index in [9.17, 15) is 14.4 Å². The van der Waals surface area contributed by atoms with Crippen LogP contribution in [0.3, 0.4) is 0 Å². The van der Waals surface area contributed by atoms with Gasteiger partial charge in [-0.05, 0) is 60.8 Å². The van der Waals surface area contributed by atoms with Gasteiger partial charge in [-0.25, -0.2) is 4.79 Å². The molecule has 0 bridgehead atoms. The van der Waals surface area contributed by atoms with Crippen LogP contribution >= 0.6 is 0 Å². The van der Waals surface area contributed by atoms with Gasteiger partial charge in [-0.15, -0.1) is 0 Å². The minimum absolute atomic E-state index is 0.0385. The second kappa shape index (κ2) is 10.7. The van der Waals surface area contributed by atoms with Gasteiger partial charge < -0.3 is 20.5 Å². The zero-order valence-corrected chi connectivity index (χ0v) is 19.5. The van der Waals surface area contributed by atoms with Gasteiger partial charge in [0.1, 0.15) is 12.6 Å². The standard InChI is InChI=1S/C27H32N2O5/c1-17(8-6-15-24(30)31)28-26(32)25(18-9-7-10-18)29-27(33)34-16-23-21-13-4-2-11-19(21)20-12-3-5-14-22(20)23/h2-5,11-14,17-18,23,25H,6-10,15-16H2,1H3,(H,28,32)(H,29,33)(H,30,31). The molecule has 34 heavy (non-hydrogen) atoms. The number of benzene rings is 2. The number of amides is 2. The van der Waals surface area contributed by atoms with Crippen molar-refractivity contribution in [1.82, 2.24) is 10.6 Å². The average molecular weight is 465 g/mol. The Bertz CT molecular complexity index is 1000. The van der Waals surface area contributed by atoms with Crippen molar-refractivity contribution in [1.29, 1.82) is 0 Å². The molecule has 2 aromatic carbocycles. The lowest BCUT2D eigenvalue weighted by Gasteiger charge is -2.33. The molecule has 0 aliphatic heterocycles. The Kier molecular flexibility index (Phi) is 7.50. The van der Waals surface area contributed by atoms with Gasteiger partial charge in [-0.3, -0.25) is 9.59 Å². The number of hydrogen-bond acceptors (Lipinski definition) is 4. The molecule has 0 radical (unpaired) electrons. The van der Waals surface area contributed by atoms with Crippen LogP contribution in [0.4, 0.5) is 4.79 Å². The number of carbonyl (C=O) groups is 3. The number of carboxylic acids is 1. The summed E-state index contributed by atoms with van der Waals surface area (Å²) in [6, 6.07) is 15.5. The number of ether oxygens (including phenoxy) is 1. The predicted molar refractivity (Wildman–Crippen MR) is 128 cm³/mol. The predicted octanol–water partition coefficient (Wildman–Crippen LogP) is 4.45. The number of nitrogens with one attached hydrogen (secondary N) is 2. The zero-order chi connectivity index (χ0) is 24.1. The van der Waals surface area contributed by atoms with Crippen LogP contribution in [-0.4, -0.2) is 41.8 Å². The fourth-order valence-corrected chi connectivity index (χ4v) is 4.90. The van der Waals surface area contributed by atoms with Crippen LogP contribution in [0.5, 0.6) is 0 Å². The molecule has 0 spiro atoms. The van der Waals surface area contributed by atoms with Gasteiger partial charge in [0.2, 0.25) is 5.91 Å². The first-order valence-electron chi connectivity index (χ1n) is 12.1. The summed E-state index contributed by atoms with van der Waals surface area (Å²) >= 11 is 0. The van der Waals surface area contributed by atoms with Crippen molar-refractivity contribution >= 4 is 18.0 Å². The fraction of sp³-hybridized carbons (Fsp3) is 0.444. The van der Waals surface area contributed by atoms with Gasteiger partial charge in [0, 0.05) is 18.4 Å². The van der Waals surface area contributed by atoms with Gasteiger partial charge >= 0.3 is 12.1 Å². The Hall–Kier alpha value is -3.35. The molecule has 3 N–H and O–H groups in total. The van der Waals surface area contributed by atoms with E-state index in [1.807, 2.05) is 31.2 Å². The fourth-order valence-electron chi connectivity index (χ4n) is 4.90. The highest BCUT2D eigenvalue weighted by molar-refractivity contribution is 5.86. The van der Waals surface area contributed by atoms with Gasteiger partial charge in [-0.2, -0.15) is 0 Å². The normalized spacial score (nSPS) is 16.5. The number of fused-ring (bicyclic) bond motifs is 3. The monoisotopic (exact) mass is 464 g/mol. The lowest BCUT2D eigenvalue weighted by atomic mass is 9.79. The molecule has 0 heterocycles. The van der Waals surface area contributed by atoms with Crippen LogP contribution in [0.2, 0.25) is 0 Å². The van der Waals surface area contributed by atoms with Crippen molar-refractivity contribution in [2.75, 3.05) is 6.61 Å². The highest BCUT2D eigenvalue weighted by atomic mass is 16.5. The molecule has 2 aromatic rings. The van der Waals surface area contributed by atoms with Gasteiger partial charge in [0.05, 0.1) is 0 Å². The van der Waals surface area contributed by atoms with E-state index in [4.69, 9.17) is 9.84 Å². The van der Waals surface area contributed by atoms with E-state index in [2.05, 4.69) is 34.9 Å². The first-order chi connectivity index (χ1) is 16.4. The Morgan fingerprint density at radius 3 is 2.18 bits per heavy atom. The van der Waals surface area contributed by atoms with E-state index in [1.54, 1.807) is 0 Å². The molecule has 2 unspecified atom stereocenters. The van der Waals surface area contributed by atoms with E-state index < -0.39 is 18.1 Å². The molecule has 1 fully saturated rings. The zero-order valence-electron chi connectivity index (χ0n) is 19.5. The molecular formula is C27H32N2O5. The molecular weight excluding hydrogens is 432 g/mol. The van der Waals surface area contributed by atoms with Crippen molar-refractivity contribution in [2.24, 2.45) is 5.92 Å². The van der Waals surface area contributed by atoms with E-state index in [0.29, 0.717) is 12.8 Å². The van der Waals surface area contributed by atoms with Crippen molar-refractivity contribution in [3.8, 4) is 11.1 Å². The van der Waals surface area contributed by atoms with E-state index in [1.165, 1.54) is 0 Å². The first kappa shape index (κ1) is 23.8. The number of aliphatic carboxylic acids is 1. The summed E-state index contributed by atoms with van der Waals surface area (Å²) in [6.45, 7) is 2.05. The third kappa shape index (κ3) is 5.41. The molecule has 180 valence electrons. The Morgan fingerprint density at radius 1 is 1.00 bits per heavy atom. The van der Waals surface area contributed by atoms with Crippen molar-refractivity contribution < 1.29 is 24.2 Å². The molecule has 2 aliphatic carbocycles. The highest BCUT2D eigenvalue weighted by Crippen LogP contribution is 2.44. The van der Waals surface area contributed by atoms with Crippen molar-refractivity contribution in [3.05, 3.63) is 59.7 Å². The van der Waals surface area contributed by atoms with Crippen molar-refractivity contribution in [3.63, 3.8) is 0 Å². The summed E-state index contributed by atoms with van der Waals surface area (Å²) in [7, 11) is 0. The van der Waals surface area contributed by atoms with Crippen LogP contribution in [-0.2, 0) is 14.3 Å². The molecule has 4 rings (SSSR count). The molecule has 2 amide bonds. The van der Waals surface area contributed by atoms with Crippen LogP contribution in [0.25, 0.3) is 11.1 Å². The summed E-state index contributed by atoms with van der Waals surface area (Å²) in [6.07, 6.45) is 3.35. The van der Waals surface area contributed by atoms with Crippen molar-refractivity contribution in [2.45, 2.75) is 63.5 Å². The lowest BCUT2D eigenvalue weighted by molar-refractivity contribution is -0.137. The maximum atomic E-state index is 12.9. The lowest BCUT2D eigenvalue weighted by Crippen LogP contribution is -2.54. The quantitative estimate of drug-likeness (QED) is 0.482. The number of hydrogen-bond donors (Lipinski definition) is 3. The number of carboxylic acid groups (broad SMARTS) is 1. The molecule has 1 saturated carbocycles. The number of rotatable bonds is 10. The minimum atomic E-state index is -0.845. The summed E-state index contributed by atoms with van der Waals surface area (Å²) < 4.78 is 5.64. The van der Waals surface area contributed by atoms with Crippen LogP contribution in [0.15, 0.2) is 48.5 Å². The molecule has 7 heteroatoms. The second-order valence-electron chi connectivity index (χ2n) is 9.33. The van der Waals surface area contributed by atoms with Gasteiger partial charge in [0.25, 0.3) is 0 Å². The average Bonchev–Trinajstić information content (AvgIpc) is 3.09. The summed E-state index contributed by atoms with van der Waals surface area (Å²) in [5, 5.41) is 14.5. The van der Waals surface area contributed by atoms with Crippen LogP contribution in [0.1, 0.15) is 62.5 Å². The van der Waals surface area contributed by atoms with E-state index in [-0.39, 0.29) is 36.8 Å². The Labute approximate surface area is 199 Å². The topological polar surface area (TPSA) is 105 Å². The Morgan fingerprint density at radius 2 is 1.62 bits per heavy atom.